The van der Waals surface area contributed by atoms with Crippen molar-refractivity contribution >= 4 is 69.7 Å². The number of thiocarbonyl (C=S) groups is 1. The number of hydrazone groups is 1. The van der Waals surface area contributed by atoms with E-state index in [2.05, 4.69) is 5.10 Å². The highest BCUT2D eigenvalue weighted by Gasteiger charge is 2.32. The number of nitrogens with zero attached hydrogens (tertiary/aromatic N) is 2. The molecule has 0 bridgehead atoms. The average molecular weight is 459 g/mol. The van der Waals surface area contributed by atoms with Gasteiger partial charge in [-0.2, -0.15) is 10.1 Å². The lowest BCUT2D eigenvalue weighted by atomic mass is 10.2. The molecule has 2 heterocycles. The second-order valence-electron chi connectivity index (χ2n) is 5.97. The summed E-state index contributed by atoms with van der Waals surface area (Å²) in [5, 5.41) is 6.46. The molecule has 1 saturated heterocycles. The van der Waals surface area contributed by atoms with Crippen LogP contribution in [0.4, 0.5) is 0 Å². The summed E-state index contributed by atoms with van der Waals surface area (Å²) in [6.45, 7) is 0. The first kappa shape index (κ1) is 19.9. The molecule has 1 fully saturated rings. The van der Waals surface area contributed by atoms with Gasteiger partial charge in [0, 0.05) is 16.7 Å². The largest absolute Gasteiger partial charge is 0.457 e. The monoisotopic (exact) mass is 458 g/mol. The maximum atomic E-state index is 12.7. The number of hydrogen-bond acceptors (Lipinski definition) is 5. The lowest BCUT2D eigenvalue weighted by Gasteiger charge is -2.05. The molecular weight excluding hydrogens is 447 g/mol. The van der Waals surface area contributed by atoms with Gasteiger partial charge in [0.15, 0.2) is 4.32 Å². The van der Waals surface area contributed by atoms with Gasteiger partial charge >= 0.3 is 0 Å². The van der Waals surface area contributed by atoms with Gasteiger partial charge in [0.2, 0.25) is 0 Å². The van der Waals surface area contributed by atoms with Gasteiger partial charge in [-0.05, 0) is 48.1 Å². The third-order valence-corrected chi connectivity index (χ3v) is 5.82. The number of furan rings is 1. The standard InChI is InChI=1S/C21H12Cl2N2O2S2/c22-14-6-8-16(17(23)10-14)18-9-7-15(27-18)11-19-20(26)25(21(28)29-19)24-12-13-4-2-1-3-5-13/h1-12H/b19-11-,24-12+. The van der Waals surface area contributed by atoms with E-state index >= 15 is 0 Å². The zero-order chi connectivity index (χ0) is 20.4. The Labute approximate surface area is 186 Å². The van der Waals surface area contributed by atoms with Gasteiger partial charge in [-0.15, -0.1) is 0 Å². The number of rotatable bonds is 4. The van der Waals surface area contributed by atoms with Crippen LogP contribution in [0.3, 0.4) is 0 Å². The minimum atomic E-state index is -0.297. The van der Waals surface area contributed by atoms with Crippen LogP contribution < -0.4 is 0 Å². The number of carbonyl (C=O) groups excluding carboxylic acids is 1. The molecule has 1 aromatic heterocycles. The fraction of sp³-hybridized carbons (Fsp3) is 0. The smallest absolute Gasteiger partial charge is 0.286 e. The predicted molar refractivity (Wildman–Crippen MR) is 123 cm³/mol. The van der Waals surface area contributed by atoms with E-state index in [-0.39, 0.29) is 5.91 Å². The van der Waals surface area contributed by atoms with Crippen LogP contribution in [0.1, 0.15) is 11.3 Å². The van der Waals surface area contributed by atoms with E-state index in [4.69, 9.17) is 39.8 Å². The summed E-state index contributed by atoms with van der Waals surface area (Å²) in [6.07, 6.45) is 3.24. The average Bonchev–Trinajstić information content (AvgIpc) is 3.26. The molecule has 0 unspecified atom stereocenters. The molecule has 0 spiro atoms. The summed E-state index contributed by atoms with van der Waals surface area (Å²) in [4.78, 5) is 13.1. The first-order valence-electron chi connectivity index (χ1n) is 8.43. The number of halogens is 2. The van der Waals surface area contributed by atoms with E-state index in [1.54, 1.807) is 42.6 Å². The highest BCUT2D eigenvalue weighted by atomic mass is 35.5. The zero-order valence-electron chi connectivity index (χ0n) is 14.7. The van der Waals surface area contributed by atoms with Crippen molar-refractivity contribution in [2.75, 3.05) is 0 Å². The summed E-state index contributed by atoms with van der Waals surface area (Å²) in [5.74, 6) is 0.795. The van der Waals surface area contributed by atoms with Crippen molar-refractivity contribution in [1.82, 2.24) is 5.01 Å². The van der Waals surface area contributed by atoms with Crippen LogP contribution in [0.25, 0.3) is 17.4 Å². The molecule has 1 aliphatic rings. The van der Waals surface area contributed by atoms with Gasteiger partial charge in [-0.25, -0.2) is 0 Å². The number of thioether (sulfide) groups is 1. The predicted octanol–water partition coefficient (Wildman–Crippen LogP) is 6.49. The van der Waals surface area contributed by atoms with E-state index in [0.29, 0.717) is 30.8 Å². The lowest BCUT2D eigenvalue weighted by molar-refractivity contribution is -0.122. The van der Waals surface area contributed by atoms with Crippen LogP contribution in [0, 0.1) is 0 Å². The molecule has 0 N–H and O–H groups in total. The van der Waals surface area contributed by atoms with Gasteiger partial charge in [0.25, 0.3) is 5.91 Å². The van der Waals surface area contributed by atoms with Crippen LogP contribution in [-0.2, 0) is 4.79 Å². The van der Waals surface area contributed by atoms with Crippen molar-refractivity contribution in [2.24, 2.45) is 5.10 Å². The number of carbonyl (C=O) groups is 1. The van der Waals surface area contributed by atoms with Crippen LogP contribution >= 0.6 is 47.2 Å². The zero-order valence-corrected chi connectivity index (χ0v) is 17.9. The fourth-order valence-corrected chi connectivity index (χ4v) is 4.27. The van der Waals surface area contributed by atoms with Crippen LogP contribution in [0.2, 0.25) is 10.0 Å². The highest BCUT2D eigenvalue weighted by molar-refractivity contribution is 8.26. The van der Waals surface area contributed by atoms with Crippen molar-refractivity contribution < 1.29 is 9.21 Å². The highest BCUT2D eigenvalue weighted by Crippen LogP contribution is 2.35. The molecule has 0 atom stereocenters. The lowest BCUT2D eigenvalue weighted by Crippen LogP contribution is -2.22. The van der Waals surface area contributed by atoms with Crippen molar-refractivity contribution in [3.05, 3.63) is 86.9 Å². The number of benzene rings is 2. The second kappa shape index (κ2) is 8.55. The van der Waals surface area contributed by atoms with Gasteiger partial charge in [0.1, 0.15) is 11.5 Å². The van der Waals surface area contributed by atoms with Crippen molar-refractivity contribution in [3.8, 4) is 11.3 Å². The molecule has 4 nitrogen and oxygen atoms in total. The molecule has 4 rings (SSSR count). The number of amides is 1. The van der Waals surface area contributed by atoms with Gasteiger partial charge in [-0.1, -0.05) is 65.3 Å². The van der Waals surface area contributed by atoms with Crippen LogP contribution in [-0.4, -0.2) is 21.5 Å². The summed E-state index contributed by atoms with van der Waals surface area (Å²) in [7, 11) is 0. The first-order chi connectivity index (χ1) is 14.0. The van der Waals surface area contributed by atoms with E-state index in [1.165, 1.54) is 16.8 Å². The van der Waals surface area contributed by atoms with Gasteiger partial charge in [-0.3, -0.25) is 4.79 Å². The molecule has 29 heavy (non-hydrogen) atoms. The molecule has 3 aromatic rings. The maximum Gasteiger partial charge on any atom is 0.286 e. The van der Waals surface area contributed by atoms with Crippen LogP contribution in [0.5, 0.6) is 0 Å². The Hall–Kier alpha value is -2.38. The Morgan fingerprint density at radius 3 is 2.62 bits per heavy atom. The topological polar surface area (TPSA) is 45.8 Å². The molecule has 8 heteroatoms. The normalized spacial score (nSPS) is 15.8. The molecule has 144 valence electrons. The molecular formula is C21H12Cl2N2O2S2. The van der Waals surface area contributed by atoms with E-state index in [1.807, 2.05) is 30.3 Å². The minimum absolute atomic E-state index is 0.297. The SMILES string of the molecule is O=C1/C(=C/c2ccc(-c3ccc(Cl)cc3Cl)o2)SC(=S)N1/N=C/c1ccccc1. The summed E-state index contributed by atoms with van der Waals surface area (Å²) >= 11 is 18.6. The molecule has 0 saturated carbocycles. The van der Waals surface area contributed by atoms with E-state index in [0.717, 1.165) is 11.1 Å². The van der Waals surface area contributed by atoms with Gasteiger partial charge in [0.05, 0.1) is 16.1 Å². The van der Waals surface area contributed by atoms with Crippen molar-refractivity contribution in [3.63, 3.8) is 0 Å². The third-order valence-electron chi connectivity index (χ3n) is 3.99. The summed E-state index contributed by atoms with van der Waals surface area (Å²) in [6, 6.07) is 18.2. The Morgan fingerprint density at radius 2 is 1.86 bits per heavy atom. The molecule has 2 aromatic carbocycles. The Bertz CT molecular complexity index is 1160. The molecule has 0 aliphatic carbocycles. The molecule has 1 aliphatic heterocycles. The Balaban J connectivity index is 1.55. The van der Waals surface area contributed by atoms with Crippen molar-refractivity contribution in [2.45, 2.75) is 0 Å². The summed E-state index contributed by atoms with van der Waals surface area (Å²) in [5.41, 5.74) is 1.59. The minimum Gasteiger partial charge on any atom is -0.457 e. The van der Waals surface area contributed by atoms with E-state index < -0.39 is 0 Å². The number of hydrogen-bond donors (Lipinski definition) is 0. The third kappa shape index (κ3) is 4.46. The van der Waals surface area contributed by atoms with E-state index in [9.17, 15) is 4.79 Å². The Kier molecular flexibility index (Phi) is 5.87. The fourth-order valence-electron chi connectivity index (χ4n) is 2.62. The first-order valence-corrected chi connectivity index (χ1v) is 10.4. The molecule has 1 amide bonds. The van der Waals surface area contributed by atoms with Crippen molar-refractivity contribution in [1.29, 1.82) is 0 Å². The van der Waals surface area contributed by atoms with Gasteiger partial charge < -0.3 is 4.42 Å². The second-order valence-corrected chi connectivity index (χ2v) is 8.49. The summed E-state index contributed by atoms with van der Waals surface area (Å²) < 4.78 is 6.19. The quantitative estimate of drug-likeness (QED) is 0.254. The van der Waals surface area contributed by atoms with Crippen LogP contribution in [0.15, 0.2) is 75.1 Å². The Morgan fingerprint density at radius 1 is 1.07 bits per heavy atom. The molecule has 0 radical (unpaired) electrons. The maximum absolute atomic E-state index is 12.7.